The molecule has 0 unspecified atom stereocenters. The Bertz CT molecular complexity index is 1130. The van der Waals surface area contributed by atoms with E-state index in [1.807, 2.05) is 18.4 Å². The van der Waals surface area contributed by atoms with E-state index in [1.54, 1.807) is 30.3 Å². The van der Waals surface area contributed by atoms with E-state index in [4.69, 9.17) is 11.6 Å². The summed E-state index contributed by atoms with van der Waals surface area (Å²) in [5, 5.41) is 5.36. The van der Waals surface area contributed by atoms with Crippen molar-refractivity contribution < 1.29 is 14.0 Å². The van der Waals surface area contributed by atoms with Crippen LogP contribution in [0, 0.1) is 12.7 Å². The van der Waals surface area contributed by atoms with Crippen molar-refractivity contribution in [2.75, 3.05) is 10.2 Å². The standard InChI is InChI=1S/C21H14ClFN2O2S/c1-12-8-9-13(11-14(12)22)24-19-18(17-7-4-10-28-17)20(26)25(21(19)27)16-6-3-2-5-15(16)23/h2-11,24H,1H3. The second-order valence-corrected chi connectivity index (χ2v) is 7.57. The molecule has 0 radical (unpaired) electrons. The molecule has 0 atom stereocenters. The van der Waals surface area contributed by atoms with Gasteiger partial charge >= 0.3 is 0 Å². The van der Waals surface area contributed by atoms with Gasteiger partial charge in [0.1, 0.15) is 11.5 Å². The summed E-state index contributed by atoms with van der Waals surface area (Å²) in [5.41, 5.74) is 1.68. The summed E-state index contributed by atoms with van der Waals surface area (Å²) in [4.78, 5) is 27.7. The molecule has 1 aliphatic rings. The fourth-order valence-corrected chi connectivity index (χ4v) is 3.91. The van der Waals surface area contributed by atoms with Crippen LogP contribution in [0.4, 0.5) is 15.8 Å². The molecular formula is C21H14ClFN2O2S. The van der Waals surface area contributed by atoms with E-state index in [0.717, 1.165) is 10.5 Å². The molecule has 140 valence electrons. The normalized spacial score (nSPS) is 14.2. The monoisotopic (exact) mass is 412 g/mol. The number of benzene rings is 2. The largest absolute Gasteiger partial charge is 0.350 e. The SMILES string of the molecule is Cc1ccc(NC2=C(c3cccs3)C(=O)N(c3ccccc3F)C2=O)cc1Cl. The van der Waals surface area contributed by atoms with E-state index in [1.165, 1.54) is 29.5 Å². The number of carbonyl (C=O) groups is 2. The van der Waals surface area contributed by atoms with E-state index >= 15 is 0 Å². The number of hydrogen-bond acceptors (Lipinski definition) is 4. The van der Waals surface area contributed by atoms with Crippen molar-refractivity contribution in [2.45, 2.75) is 6.92 Å². The zero-order valence-electron chi connectivity index (χ0n) is 14.7. The topological polar surface area (TPSA) is 49.4 Å². The van der Waals surface area contributed by atoms with Crippen LogP contribution in [0.5, 0.6) is 0 Å². The summed E-state index contributed by atoms with van der Waals surface area (Å²) in [5.74, 6) is -1.83. The highest BCUT2D eigenvalue weighted by Crippen LogP contribution is 2.36. The van der Waals surface area contributed by atoms with Gasteiger partial charge in [-0.15, -0.1) is 11.3 Å². The summed E-state index contributed by atoms with van der Waals surface area (Å²) in [6, 6.07) is 14.5. The fourth-order valence-electron chi connectivity index (χ4n) is 2.96. The minimum absolute atomic E-state index is 0.0784. The lowest BCUT2D eigenvalue weighted by molar-refractivity contribution is -0.120. The highest BCUT2D eigenvalue weighted by Gasteiger charge is 2.41. The third kappa shape index (κ3) is 3.10. The number of halogens is 2. The molecule has 1 N–H and O–H groups in total. The molecule has 2 heterocycles. The van der Waals surface area contributed by atoms with Crippen LogP contribution >= 0.6 is 22.9 Å². The number of nitrogens with zero attached hydrogens (tertiary/aromatic N) is 1. The Labute approximate surface area is 169 Å². The molecule has 0 saturated carbocycles. The van der Waals surface area contributed by atoms with Crippen LogP contribution in [-0.4, -0.2) is 11.8 Å². The first-order valence-electron chi connectivity index (χ1n) is 8.42. The Morgan fingerprint density at radius 1 is 1.04 bits per heavy atom. The van der Waals surface area contributed by atoms with Crippen molar-refractivity contribution in [3.8, 4) is 0 Å². The number of hydrogen-bond donors (Lipinski definition) is 1. The highest BCUT2D eigenvalue weighted by atomic mass is 35.5. The van der Waals surface area contributed by atoms with E-state index in [9.17, 15) is 14.0 Å². The number of carbonyl (C=O) groups excluding carboxylic acids is 2. The number of para-hydroxylation sites is 1. The maximum absolute atomic E-state index is 14.3. The molecule has 0 aliphatic carbocycles. The van der Waals surface area contributed by atoms with E-state index in [0.29, 0.717) is 15.6 Å². The summed E-state index contributed by atoms with van der Waals surface area (Å²) < 4.78 is 14.3. The average Bonchev–Trinajstić information content (AvgIpc) is 3.27. The van der Waals surface area contributed by atoms with Crippen molar-refractivity contribution in [3.05, 3.63) is 87.0 Å². The van der Waals surface area contributed by atoms with Crippen LogP contribution in [0.2, 0.25) is 5.02 Å². The molecule has 0 saturated heterocycles. The fraction of sp³-hybridized carbons (Fsp3) is 0.0476. The number of nitrogens with one attached hydrogen (secondary N) is 1. The molecular weight excluding hydrogens is 399 g/mol. The molecule has 0 fully saturated rings. The number of amides is 2. The lowest BCUT2D eigenvalue weighted by atomic mass is 10.1. The van der Waals surface area contributed by atoms with Gasteiger partial charge in [0.05, 0.1) is 11.3 Å². The van der Waals surface area contributed by atoms with Crippen LogP contribution in [-0.2, 0) is 9.59 Å². The van der Waals surface area contributed by atoms with Crippen LogP contribution < -0.4 is 10.2 Å². The van der Waals surface area contributed by atoms with Gasteiger partial charge in [0, 0.05) is 15.6 Å². The van der Waals surface area contributed by atoms with Crippen LogP contribution in [0.15, 0.2) is 65.7 Å². The van der Waals surface area contributed by atoms with Crippen molar-refractivity contribution in [1.29, 1.82) is 0 Å². The molecule has 4 nitrogen and oxygen atoms in total. The van der Waals surface area contributed by atoms with Gasteiger partial charge in [-0.1, -0.05) is 35.9 Å². The minimum atomic E-state index is -0.644. The van der Waals surface area contributed by atoms with Crippen molar-refractivity contribution in [3.63, 3.8) is 0 Å². The molecule has 4 rings (SSSR count). The molecule has 3 aromatic rings. The Balaban J connectivity index is 1.82. The van der Waals surface area contributed by atoms with Crippen LogP contribution in [0.3, 0.4) is 0 Å². The number of aryl methyl sites for hydroxylation is 1. The predicted octanol–water partition coefficient (Wildman–Crippen LogP) is 5.25. The van der Waals surface area contributed by atoms with Crippen molar-refractivity contribution >= 4 is 51.7 Å². The van der Waals surface area contributed by atoms with Gasteiger partial charge < -0.3 is 5.32 Å². The van der Waals surface area contributed by atoms with Crippen LogP contribution in [0.25, 0.3) is 5.57 Å². The Morgan fingerprint density at radius 3 is 2.50 bits per heavy atom. The van der Waals surface area contributed by atoms with Gasteiger partial charge in [-0.3, -0.25) is 9.59 Å². The third-order valence-electron chi connectivity index (χ3n) is 4.39. The first-order chi connectivity index (χ1) is 13.5. The first-order valence-corrected chi connectivity index (χ1v) is 9.68. The van der Waals surface area contributed by atoms with Gasteiger partial charge in [-0.2, -0.15) is 0 Å². The maximum Gasteiger partial charge on any atom is 0.282 e. The molecule has 2 aromatic carbocycles. The second-order valence-electron chi connectivity index (χ2n) is 6.21. The zero-order chi connectivity index (χ0) is 19.8. The van der Waals surface area contributed by atoms with Crippen LogP contribution in [0.1, 0.15) is 10.4 Å². The molecule has 0 spiro atoms. The average molecular weight is 413 g/mol. The zero-order valence-corrected chi connectivity index (χ0v) is 16.3. The molecule has 1 aliphatic heterocycles. The Morgan fingerprint density at radius 2 is 1.82 bits per heavy atom. The van der Waals surface area contributed by atoms with Crippen molar-refractivity contribution in [2.24, 2.45) is 0 Å². The lowest BCUT2D eigenvalue weighted by Crippen LogP contribution is -2.33. The molecule has 1 aromatic heterocycles. The van der Waals surface area contributed by atoms with Gasteiger partial charge in [0.25, 0.3) is 11.8 Å². The van der Waals surface area contributed by atoms with Gasteiger partial charge in [-0.05, 0) is 48.2 Å². The summed E-state index contributed by atoms with van der Waals surface area (Å²) >= 11 is 7.51. The predicted molar refractivity (Wildman–Crippen MR) is 110 cm³/mol. The number of imide groups is 1. The smallest absolute Gasteiger partial charge is 0.282 e. The maximum atomic E-state index is 14.3. The summed E-state index contributed by atoms with van der Waals surface area (Å²) in [7, 11) is 0. The first kappa shape index (κ1) is 18.4. The number of thiophene rings is 1. The number of anilines is 2. The second kappa shape index (κ2) is 7.22. The van der Waals surface area contributed by atoms with Gasteiger partial charge in [0.15, 0.2) is 0 Å². The summed E-state index contributed by atoms with van der Waals surface area (Å²) in [6.45, 7) is 1.87. The quantitative estimate of drug-likeness (QED) is 0.596. The van der Waals surface area contributed by atoms with E-state index < -0.39 is 17.6 Å². The van der Waals surface area contributed by atoms with E-state index in [-0.39, 0.29) is 17.0 Å². The molecule has 0 bridgehead atoms. The number of rotatable bonds is 4. The van der Waals surface area contributed by atoms with Crippen molar-refractivity contribution in [1.82, 2.24) is 0 Å². The Kier molecular flexibility index (Phi) is 4.75. The van der Waals surface area contributed by atoms with Gasteiger partial charge in [-0.25, -0.2) is 9.29 Å². The van der Waals surface area contributed by atoms with Gasteiger partial charge in [0.2, 0.25) is 0 Å². The highest BCUT2D eigenvalue weighted by molar-refractivity contribution is 7.11. The lowest BCUT2D eigenvalue weighted by Gasteiger charge is -2.16. The Hall–Kier alpha value is -2.96. The van der Waals surface area contributed by atoms with E-state index in [2.05, 4.69) is 5.32 Å². The summed E-state index contributed by atoms with van der Waals surface area (Å²) in [6.07, 6.45) is 0. The molecule has 28 heavy (non-hydrogen) atoms. The molecule has 7 heteroatoms. The third-order valence-corrected chi connectivity index (χ3v) is 5.68. The minimum Gasteiger partial charge on any atom is -0.350 e. The molecule has 2 amide bonds.